The number of thioether (sulfide) groups is 2. The molecule has 0 bridgehead atoms. The molecule has 0 amide bonds. The molecule has 0 N–H and O–H groups in total. The van der Waals surface area contributed by atoms with Gasteiger partial charge in [-0.2, -0.15) is 0 Å². The van der Waals surface area contributed by atoms with E-state index in [2.05, 4.69) is 35.1 Å². The van der Waals surface area contributed by atoms with Crippen LogP contribution in [0.3, 0.4) is 0 Å². The molecule has 1 spiro atoms. The summed E-state index contributed by atoms with van der Waals surface area (Å²) in [5.41, 5.74) is 2.62. The summed E-state index contributed by atoms with van der Waals surface area (Å²) in [5, 5.41) is 4.27. The second-order valence-corrected chi connectivity index (χ2v) is 7.46. The summed E-state index contributed by atoms with van der Waals surface area (Å²) in [6, 6.07) is 2.16. The van der Waals surface area contributed by atoms with Crippen molar-refractivity contribution in [3.63, 3.8) is 0 Å². The quantitative estimate of drug-likeness (QED) is 0.726. The molecule has 0 saturated heterocycles. The van der Waals surface area contributed by atoms with Gasteiger partial charge in [0.05, 0.1) is 10.00 Å². The minimum atomic E-state index is -0.0614. The van der Waals surface area contributed by atoms with E-state index in [-0.39, 0.29) is 10.00 Å². The summed E-state index contributed by atoms with van der Waals surface area (Å²) in [7, 11) is 0. The van der Waals surface area contributed by atoms with Crippen molar-refractivity contribution in [2.75, 3.05) is 0 Å². The molecule has 84 valence electrons. The molecule has 2 atom stereocenters. The number of thiophene rings is 1. The number of carbonyl (C=O) groups excluding carboxylic acids is 1. The van der Waals surface area contributed by atoms with Crippen molar-refractivity contribution in [2.45, 2.75) is 10.00 Å². The van der Waals surface area contributed by atoms with Crippen LogP contribution in [0.15, 0.2) is 33.9 Å². The maximum Gasteiger partial charge on any atom is 0.136 e. The molecule has 17 heavy (non-hydrogen) atoms. The third-order valence-corrected chi connectivity index (χ3v) is 6.80. The highest BCUT2D eigenvalue weighted by Crippen LogP contribution is 2.62. The number of rotatable bonds is 1. The van der Waals surface area contributed by atoms with E-state index in [0.717, 1.165) is 6.29 Å². The van der Waals surface area contributed by atoms with Crippen LogP contribution in [0, 0.1) is 0 Å². The van der Waals surface area contributed by atoms with Crippen molar-refractivity contribution in [3.05, 3.63) is 44.4 Å². The summed E-state index contributed by atoms with van der Waals surface area (Å²) >= 11 is 5.30. The van der Waals surface area contributed by atoms with E-state index < -0.39 is 0 Å². The standard InChI is InChI=1S/C13H8OS3/c14-7-9-6-10-12-8(1-3-16-12)5-11-13(10,17-9)2-4-15-11/h1-7,9H. The van der Waals surface area contributed by atoms with Gasteiger partial charge < -0.3 is 4.79 Å². The summed E-state index contributed by atoms with van der Waals surface area (Å²) in [6.07, 6.45) is 7.70. The minimum Gasteiger partial charge on any atom is -0.302 e. The van der Waals surface area contributed by atoms with Gasteiger partial charge in [-0.3, -0.25) is 0 Å². The zero-order valence-electron chi connectivity index (χ0n) is 8.75. The SMILES string of the molecule is O=CC1C=C2c3sccc3C=C3SC=CC32S1. The smallest absolute Gasteiger partial charge is 0.136 e. The first kappa shape index (κ1) is 10.2. The second kappa shape index (κ2) is 3.40. The Labute approximate surface area is 112 Å². The van der Waals surface area contributed by atoms with Crippen LogP contribution in [0.5, 0.6) is 0 Å². The van der Waals surface area contributed by atoms with Crippen LogP contribution < -0.4 is 0 Å². The Morgan fingerprint density at radius 1 is 1.41 bits per heavy atom. The van der Waals surface area contributed by atoms with Crippen LogP contribution >= 0.6 is 34.9 Å². The molecule has 3 heterocycles. The molecule has 0 fully saturated rings. The van der Waals surface area contributed by atoms with Crippen molar-refractivity contribution in [1.29, 1.82) is 0 Å². The molecule has 4 rings (SSSR count). The Morgan fingerprint density at radius 3 is 3.24 bits per heavy atom. The Hall–Kier alpha value is -0.710. The van der Waals surface area contributed by atoms with E-state index in [1.807, 2.05) is 0 Å². The van der Waals surface area contributed by atoms with Crippen LogP contribution in [0.2, 0.25) is 0 Å². The van der Waals surface area contributed by atoms with Gasteiger partial charge in [-0.05, 0) is 34.1 Å². The van der Waals surface area contributed by atoms with Crippen LogP contribution in [0.4, 0.5) is 0 Å². The Bertz CT molecular complexity index is 608. The highest BCUT2D eigenvalue weighted by Gasteiger charge is 2.48. The van der Waals surface area contributed by atoms with Crippen LogP contribution in [0.1, 0.15) is 10.4 Å². The van der Waals surface area contributed by atoms with Gasteiger partial charge >= 0.3 is 0 Å². The zero-order valence-corrected chi connectivity index (χ0v) is 11.2. The number of hydrogen-bond donors (Lipinski definition) is 0. The van der Waals surface area contributed by atoms with Gasteiger partial charge in [0.25, 0.3) is 0 Å². The second-order valence-electron chi connectivity index (χ2n) is 4.17. The average Bonchev–Trinajstić information content (AvgIpc) is 3.00. The van der Waals surface area contributed by atoms with Gasteiger partial charge in [0, 0.05) is 9.78 Å². The fourth-order valence-electron chi connectivity index (χ4n) is 2.54. The minimum absolute atomic E-state index is 0.00944. The van der Waals surface area contributed by atoms with E-state index in [1.165, 1.54) is 20.9 Å². The highest BCUT2D eigenvalue weighted by molar-refractivity contribution is 8.10. The lowest BCUT2D eigenvalue weighted by Crippen LogP contribution is -2.23. The molecule has 1 aromatic heterocycles. The van der Waals surface area contributed by atoms with E-state index in [4.69, 9.17) is 0 Å². The number of hydrogen-bond acceptors (Lipinski definition) is 4. The summed E-state index contributed by atoms with van der Waals surface area (Å²) in [5.74, 6) is 0. The van der Waals surface area contributed by atoms with Gasteiger partial charge in [0.1, 0.15) is 6.29 Å². The van der Waals surface area contributed by atoms with E-state index >= 15 is 0 Å². The first-order valence-electron chi connectivity index (χ1n) is 5.33. The molecule has 2 unspecified atom stereocenters. The Morgan fingerprint density at radius 2 is 2.35 bits per heavy atom. The molecular weight excluding hydrogens is 268 g/mol. The Balaban J connectivity index is 2.01. The van der Waals surface area contributed by atoms with Crippen LogP contribution in [-0.4, -0.2) is 16.3 Å². The highest BCUT2D eigenvalue weighted by atomic mass is 32.2. The third kappa shape index (κ3) is 1.21. The monoisotopic (exact) mass is 276 g/mol. The topological polar surface area (TPSA) is 17.1 Å². The van der Waals surface area contributed by atoms with Crippen LogP contribution in [0.25, 0.3) is 11.6 Å². The maximum absolute atomic E-state index is 11.1. The predicted molar refractivity (Wildman–Crippen MR) is 77.2 cm³/mol. The normalized spacial score (nSPS) is 32.6. The lowest BCUT2D eigenvalue weighted by Gasteiger charge is -2.30. The fraction of sp³-hybridized carbons (Fsp3) is 0.154. The lowest BCUT2D eigenvalue weighted by molar-refractivity contribution is -0.106. The maximum atomic E-state index is 11.1. The molecule has 0 radical (unpaired) electrons. The molecule has 1 aromatic rings. The van der Waals surface area contributed by atoms with E-state index in [9.17, 15) is 4.79 Å². The van der Waals surface area contributed by atoms with Gasteiger partial charge in [-0.15, -0.1) is 34.9 Å². The molecule has 0 saturated carbocycles. The molecule has 4 heteroatoms. The first-order valence-corrected chi connectivity index (χ1v) is 7.97. The van der Waals surface area contributed by atoms with Crippen molar-refractivity contribution in [2.24, 2.45) is 0 Å². The van der Waals surface area contributed by atoms with Gasteiger partial charge in [0.15, 0.2) is 0 Å². The average molecular weight is 276 g/mol. The lowest BCUT2D eigenvalue weighted by atomic mass is 9.89. The zero-order chi connectivity index (χ0) is 11.5. The van der Waals surface area contributed by atoms with E-state index in [0.29, 0.717) is 0 Å². The molecule has 3 aliphatic rings. The summed E-state index contributed by atoms with van der Waals surface area (Å²) < 4.78 is -0.0614. The Kier molecular flexibility index (Phi) is 2.05. The largest absolute Gasteiger partial charge is 0.302 e. The molecule has 1 nitrogen and oxygen atoms in total. The fourth-order valence-corrected chi connectivity index (χ4v) is 6.22. The number of carbonyl (C=O) groups is 1. The summed E-state index contributed by atoms with van der Waals surface area (Å²) in [6.45, 7) is 0. The number of aldehydes is 1. The molecular formula is C13H8OS3. The van der Waals surface area contributed by atoms with Crippen LogP contribution in [-0.2, 0) is 4.79 Å². The van der Waals surface area contributed by atoms with Gasteiger partial charge in [0.2, 0.25) is 0 Å². The van der Waals surface area contributed by atoms with Crippen molar-refractivity contribution in [3.8, 4) is 0 Å². The van der Waals surface area contributed by atoms with Crippen molar-refractivity contribution >= 4 is 52.8 Å². The molecule has 0 aromatic carbocycles. The number of fused-ring (bicyclic) bond motifs is 2. The third-order valence-electron chi connectivity index (χ3n) is 3.28. The first-order chi connectivity index (χ1) is 8.33. The summed E-state index contributed by atoms with van der Waals surface area (Å²) in [4.78, 5) is 13.8. The predicted octanol–water partition coefficient (Wildman–Crippen LogP) is 3.80. The molecule has 2 aliphatic heterocycles. The van der Waals surface area contributed by atoms with E-state index in [1.54, 1.807) is 34.9 Å². The molecule has 1 aliphatic carbocycles. The van der Waals surface area contributed by atoms with Gasteiger partial charge in [-0.25, -0.2) is 0 Å². The van der Waals surface area contributed by atoms with Crippen molar-refractivity contribution in [1.82, 2.24) is 0 Å². The van der Waals surface area contributed by atoms with Gasteiger partial charge in [-0.1, -0.05) is 12.2 Å². The van der Waals surface area contributed by atoms with Crippen molar-refractivity contribution < 1.29 is 4.79 Å².